The lowest BCUT2D eigenvalue weighted by Crippen LogP contribution is -2.18. The van der Waals surface area contributed by atoms with Gasteiger partial charge in [-0.05, 0) is 56.6 Å². The summed E-state index contributed by atoms with van der Waals surface area (Å²) in [6, 6.07) is 0. The highest BCUT2D eigenvalue weighted by Gasteiger charge is 2.22. The van der Waals surface area contributed by atoms with E-state index in [1.165, 1.54) is 0 Å². The third kappa shape index (κ3) is 5.61. The maximum atomic E-state index is 10.9. The van der Waals surface area contributed by atoms with Crippen molar-refractivity contribution in [2.75, 3.05) is 0 Å². The highest BCUT2D eigenvalue weighted by molar-refractivity contribution is 9.00. The van der Waals surface area contributed by atoms with E-state index in [-0.39, 0.29) is 4.20 Å². The zero-order valence-electron chi connectivity index (χ0n) is 7.39. The van der Waals surface area contributed by atoms with Crippen molar-refractivity contribution in [1.82, 2.24) is 0 Å². The third-order valence-electron chi connectivity index (χ3n) is 1.01. The molecule has 0 atom stereocenters. The molecule has 0 saturated heterocycles. The Morgan fingerprint density at radius 3 is 1.65 bits per heavy atom. The van der Waals surface area contributed by atoms with Crippen LogP contribution in [0, 0.1) is 11.8 Å². The van der Waals surface area contributed by atoms with Gasteiger partial charge in [-0.3, -0.25) is 4.55 Å². The van der Waals surface area contributed by atoms with Crippen molar-refractivity contribution in [2.24, 2.45) is 0 Å². The Kier molecular flexibility index (Phi) is 6.94. The number of hydrogen-bond acceptors (Lipinski definition) is 8. The summed E-state index contributed by atoms with van der Waals surface area (Å²) in [5.74, 6) is 4.51. The van der Waals surface area contributed by atoms with Crippen LogP contribution in [0.4, 0.5) is 0 Å². The minimum atomic E-state index is -4.62. The quantitative estimate of drug-likeness (QED) is 0.208. The van der Waals surface area contributed by atoms with E-state index in [2.05, 4.69) is 58.1 Å². The molecule has 0 unspecified atom stereocenters. The van der Waals surface area contributed by atoms with E-state index in [4.69, 9.17) is 39.1 Å². The first-order chi connectivity index (χ1) is 7.30. The summed E-state index contributed by atoms with van der Waals surface area (Å²) in [6.07, 6.45) is -5.70. The molecule has 1 N–H and O–H groups in total. The van der Waals surface area contributed by atoms with Crippen LogP contribution >= 0.6 is 36.1 Å². The number of thiocarbonyl (C=S) groups is 2. The van der Waals surface area contributed by atoms with Crippen LogP contribution in [0.5, 0.6) is 0 Å². The largest absolute Gasteiger partial charge is 0.331 e. The van der Waals surface area contributed by atoms with Gasteiger partial charge in [-0.25, -0.2) is 0 Å². The maximum absolute atomic E-state index is 10.9. The van der Waals surface area contributed by atoms with Crippen LogP contribution in [-0.4, -0.2) is 21.4 Å². The molecule has 0 fully saturated rings. The topological polar surface area (TPSA) is 54.4 Å². The highest BCUT2D eigenvalue weighted by atomic mass is 33.5. The Morgan fingerprint density at radius 2 is 1.35 bits per heavy atom. The van der Waals surface area contributed by atoms with Crippen molar-refractivity contribution in [2.45, 2.75) is 0 Å². The molecular weight excluding hydrogens is 417 g/mol. The zero-order valence-corrected chi connectivity index (χ0v) is 15.6. The zero-order chi connectivity index (χ0) is 14.1. The first kappa shape index (κ1) is 18.6. The minimum Gasteiger partial charge on any atom is -0.277 e. The van der Waals surface area contributed by atoms with Crippen molar-refractivity contribution in [3.8, 4) is 11.8 Å². The van der Waals surface area contributed by atoms with E-state index in [9.17, 15) is 8.42 Å². The molecule has 0 aromatic heterocycles. The van der Waals surface area contributed by atoms with Crippen LogP contribution in [0.3, 0.4) is 0 Å². The second kappa shape index (κ2) is 6.35. The van der Waals surface area contributed by atoms with Crippen LogP contribution in [0.25, 0.3) is 0 Å². The molecule has 17 heavy (non-hydrogen) atoms. The standard InChI is InChI=1S/C4H2O3S10/c5-17(6,7)16(13,14)4(9)2-1-3(8)15(10,11)12/h(H,5,6,7)(H,10,11,12). The van der Waals surface area contributed by atoms with Crippen molar-refractivity contribution in [1.29, 1.82) is 0 Å². The van der Waals surface area contributed by atoms with E-state index in [0.29, 0.717) is 0 Å². The van der Waals surface area contributed by atoms with Crippen molar-refractivity contribution >= 4 is 111 Å². The lowest BCUT2D eigenvalue weighted by atomic mass is 10.7. The Hall–Kier alpha value is 1.58. The SMILES string of the molecule is O=S(=O)(O)S(=S)(=S)C(=S)C#CC(=S)S(=S)(=S)S. The maximum Gasteiger partial charge on any atom is 0.331 e. The average molecular weight is 419 g/mol. The van der Waals surface area contributed by atoms with Gasteiger partial charge in [-0.2, -0.15) is 8.42 Å². The second-order valence-electron chi connectivity index (χ2n) is 2.18. The molecule has 0 aliphatic rings. The molecule has 0 aromatic rings. The molecule has 13 heteroatoms. The predicted octanol–water partition coefficient (Wildman–Crippen LogP) is 0.448. The average Bonchev–Trinajstić information content (AvgIpc) is 2.09. The summed E-state index contributed by atoms with van der Waals surface area (Å²) in [5, 5.41) is 0. The molecule has 0 bridgehead atoms. The lowest BCUT2D eigenvalue weighted by molar-refractivity contribution is 0.503. The molecule has 0 aliphatic heterocycles. The van der Waals surface area contributed by atoms with Gasteiger partial charge in [0, 0.05) is 6.18 Å². The van der Waals surface area contributed by atoms with Crippen LogP contribution in [0.15, 0.2) is 0 Å². The number of thiol groups is 1. The second-order valence-corrected chi connectivity index (χ2v) is 21.5. The van der Waals surface area contributed by atoms with Crippen molar-refractivity contribution in [3.63, 3.8) is 0 Å². The smallest absolute Gasteiger partial charge is 0.277 e. The van der Waals surface area contributed by atoms with Crippen molar-refractivity contribution in [3.05, 3.63) is 0 Å². The van der Waals surface area contributed by atoms with Crippen LogP contribution in [0.1, 0.15) is 0 Å². The first-order valence-corrected chi connectivity index (χ1v) is 13.9. The Bertz CT molecular complexity index is 721. The first-order valence-electron chi connectivity index (χ1n) is 3.10. The van der Waals surface area contributed by atoms with Crippen LogP contribution < -0.4 is 0 Å². The van der Waals surface area contributed by atoms with Gasteiger partial charge in [0.25, 0.3) is 0 Å². The van der Waals surface area contributed by atoms with Crippen LogP contribution in [0.2, 0.25) is 0 Å². The van der Waals surface area contributed by atoms with Gasteiger partial charge < -0.3 is 0 Å². The third-order valence-corrected chi connectivity index (χ3v) is 14.2. The summed E-state index contributed by atoms with van der Waals surface area (Å²) < 4.78 is 30.1. The summed E-state index contributed by atoms with van der Waals surface area (Å²) in [5.41, 5.74) is 0. The van der Waals surface area contributed by atoms with E-state index in [0.717, 1.165) is 0 Å². The molecule has 3 nitrogen and oxygen atoms in total. The molecule has 0 heterocycles. The molecule has 0 rings (SSSR count). The summed E-state index contributed by atoms with van der Waals surface area (Å²) in [6.45, 7) is 0. The van der Waals surface area contributed by atoms with Gasteiger partial charge >= 0.3 is 9.15 Å². The van der Waals surface area contributed by atoms with Gasteiger partial charge in [0.15, 0.2) is 0 Å². The van der Waals surface area contributed by atoms with Gasteiger partial charge in [-0.15, -0.1) is 0 Å². The molecule has 0 saturated carbocycles. The number of rotatable bonds is 1. The summed E-state index contributed by atoms with van der Waals surface area (Å²) in [7, 11) is -4.62. The van der Waals surface area contributed by atoms with E-state index in [1.807, 2.05) is 0 Å². The molecule has 0 spiro atoms. The fraction of sp³-hybridized carbons (Fsp3) is 0. The Balaban J connectivity index is 5.49. The summed E-state index contributed by atoms with van der Waals surface area (Å²) in [4.78, 5) is 0. The van der Waals surface area contributed by atoms with E-state index >= 15 is 0 Å². The fourth-order valence-electron chi connectivity index (χ4n) is 0.325. The van der Waals surface area contributed by atoms with Crippen LogP contribution in [-0.2, 0) is 66.3 Å². The number of hydrogen-bond donors (Lipinski definition) is 2. The van der Waals surface area contributed by atoms with Gasteiger partial charge in [0.05, 0.1) is 6.18 Å². The fourth-order valence-corrected chi connectivity index (χ4v) is 3.08. The molecule has 0 radical (unpaired) electrons. The summed E-state index contributed by atoms with van der Waals surface area (Å²) >= 11 is 32.0. The predicted molar refractivity (Wildman–Crippen MR) is 97.7 cm³/mol. The van der Waals surface area contributed by atoms with Gasteiger partial charge in [-0.1, -0.05) is 36.1 Å². The molecule has 0 amide bonds. The molecule has 96 valence electrons. The van der Waals surface area contributed by atoms with E-state index < -0.39 is 25.7 Å². The molecule has 0 aliphatic carbocycles. The Labute approximate surface area is 134 Å². The Morgan fingerprint density at radius 1 is 1.00 bits per heavy atom. The van der Waals surface area contributed by atoms with Crippen molar-refractivity contribution < 1.29 is 13.0 Å². The monoisotopic (exact) mass is 418 g/mol. The minimum absolute atomic E-state index is 0.0104. The normalized spacial score (nSPS) is 12.4. The van der Waals surface area contributed by atoms with Gasteiger partial charge in [0.2, 0.25) is 0 Å². The van der Waals surface area contributed by atoms with Gasteiger partial charge in [0.1, 0.15) is 8.39 Å². The molecule has 0 aromatic carbocycles. The molecular formula is C4H2O3S10. The lowest BCUT2D eigenvalue weighted by Gasteiger charge is -2.01. The van der Waals surface area contributed by atoms with E-state index in [1.54, 1.807) is 0 Å². The highest BCUT2D eigenvalue weighted by Crippen LogP contribution is 2.06.